The van der Waals surface area contributed by atoms with E-state index in [-0.39, 0.29) is 18.1 Å². The third-order valence-electron chi connectivity index (χ3n) is 2.55. The highest BCUT2D eigenvalue weighted by Crippen LogP contribution is 2.05. The average molecular weight is 265 g/mol. The quantitative estimate of drug-likeness (QED) is 0.802. The molecule has 0 saturated carbocycles. The topological polar surface area (TPSA) is 57.6 Å². The minimum absolute atomic E-state index is 0.0410. The molecule has 0 aliphatic rings. The summed E-state index contributed by atoms with van der Waals surface area (Å²) in [4.78, 5) is 23.5. The van der Waals surface area contributed by atoms with Crippen LogP contribution in [0.15, 0.2) is 30.3 Å². The normalized spacial score (nSPS) is 10.6. The van der Waals surface area contributed by atoms with Gasteiger partial charge in [0, 0.05) is 26.1 Å². The first kappa shape index (κ1) is 14.9. The summed E-state index contributed by atoms with van der Waals surface area (Å²) in [5.74, 6) is -1.41. The van der Waals surface area contributed by atoms with Gasteiger partial charge in [-0.1, -0.05) is 12.1 Å². The van der Waals surface area contributed by atoms with Gasteiger partial charge in [-0.2, -0.15) is 0 Å². The van der Waals surface area contributed by atoms with Crippen molar-refractivity contribution < 1.29 is 19.1 Å². The minimum Gasteiger partial charge on any atom is -0.481 e. The lowest BCUT2D eigenvalue weighted by atomic mass is 10.2. The van der Waals surface area contributed by atoms with E-state index in [1.165, 1.54) is 23.1 Å². The van der Waals surface area contributed by atoms with Gasteiger partial charge in [-0.25, -0.2) is 4.39 Å². The lowest BCUT2D eigenvalue weighted by Crippen LogP contribution is -2.26. The van der Waals surface area contributed by atoms with Crippen LogP contribution in [-0.4, -0.2) is 35.5 Å². The fraction of sp³-hybridized carbons (Fsp3) is 0.286. The number of nitrogens with zero attached hydrogens (tertiary/aromatic N) is 1. The number of carbonyl (C=O) groups is 2. The van der Waals surface area contributed by atoms with E-state index in [0.29, 0.717) is 13.0 Å². The van der Waals surface area contributed by atoms with Crippen molar-refractivity contribution >= 4 is 18.0 Å². The predicted molar refractivity (Wildman–Crippen MR) is 69.9 cm³/mol. The van der Waals surface area contributed by atoms with Crippen LogP contribution < -0.4 is 0 Å². The van der Waals surface area contributed by atoms with E-state index in [1.54, 1.807) is 25.3 Å². The Bertz CT molecular complexity index is 468. The molecule has 1 rings (SSSR count). The van der Waals surface area contributed by atoms with Crippen molar-refractivity contribution in [2.45, 2.75) is 12.8 Å². The molecule has 0 spiro atoms. The van der Waals surface area contributed by atoms with Gasteiger partial charge < -0.3 is 10.0 Å². The number of likely N-dealkylation sites (N-methyl/N-ethyl adjacent to an activating group) is 1. The van der Waals surface area contributed by atoms with Crippen LogP contribution >= 0.6 is 0 Å². The molecule has 4 nitrogen and oxygen atoms in total. The number of carboxylic acid groups (broad SMARTS) is 1. The van der Waals surface area contributed by atoms with Gasteiger partial charge in [0.2, 0.25) is 5.91 Å². The molecule has 19 heavy (non-hydrogen) atoms. The molecule has 0 aliphatic carbocycles. The number of aliphatic carboxylic acids is 1. The smallest absolute Gasteiger partial charge is 0.303 e. The molecule has 5 heteroatoms. The molecule has 0 aromatic heterocycles. The average Bonchev–Trinajstić information content (AvgIpc) is 2.37. The monoisotopic (exact) mass is 265 g/mol. The number of carboxylic acids is 1. The number of hydrogen-bond acceptors (Lipinski definition) is 2. The third-order valence-corrected chi connectivity index (χ3v) is 2.55. The molecule has 1 amide bonds. The van der Waals surface area contributed by atoms with Crippen molar-refractivity contribution in [3.63, 3.8) is 0 Å². The molecule has 1 aromatic rings. The Morgan fingerprint density at radius 2 is 1.95 bits per heavy atom. The van der Waals surface area contributed by atoms with Crippen molar-refractivity contribution in [1.82, 2.24) is 4.90 Å². The molecule has 0 unspecified atom stereocenters. The van der Waals surface area contributed by atoms with Gasteiger partial charge >= 0.3 is 5.97 Å². The van der Waals surface area contributed by atoms with Crippen LogP contribution in [0.3, 0.4) is 0 Å². The lowest BCUT2D eigenvalue weighted by molar-refractivity contribution is -0.137. The number of carbonyl (C=O) groups excluding carboxylic acids is 1. The van der Waals surface area contributed by atoms with E-state index < -0.39 is 5.97 Å². The van der Waals surface area contributed by atoms with Gasteiger partial charge in [-0.3, -0.25) is 9.59 Å². The maximum Gasteiger partial charge on any atom is 0.303 e. The summed E-state index contributed by atoms with van der Waals surface area (Å²) in [6, 6.07) is 5.79. The fourth-order valence-electron chi connectivity index (χ4n) is 1.45. The number of halogens is 1. The highest BCUT2D eigenvalue weighted by atomic mass is 19.1. The van der Waals surface area contributed by atoms with Gasteiger partial charge in [-0.05, 0) is 30.2 Å². The molecule has 0 radical (unpaired) electrons. The van der Waals surface area contributed by atoms with Crippen molar-refractivity contribution in [2.24, 2.45) is 0 Å². The molecule has 0 fully saturated rings. The van der Waals surface area contributed by atoms with E-state index in [1.807, 2.05) is 0 Å². The third kappa shape index (κ3) is 5.81. The van der Waals surface area contributed by atoms with Gasteiger partial charge in [-0.15, -0.1) is 0 Å². The predicted octanol–water partition coefficient (Wildman–Crippen LogP) is 2.16. The van der Waals surface area contributed by atoms with Crippen LogP contribution in [0.1, 0.15) is 18.4 Å². The Morgan fingerprint density at radius 3 is 2.53 bits per heavy atom. The Labute approximate surface area is 111 Å². The molecule has 102 valence electrons. The summed E-state index contributed by atoms with van der Waals surface area (Å²) in [6.07, 6.45) is 3.44. The number of amides is 1. The lowest BCUT2D eigenvalue weighted by Gasteiger charge is -2.13. The fourth-order valence-corrected chi connectivity index (χ4v) is 1.45. The maximum absolute atomic E-state index is 12.7. The minimum atomic E-state index is -0.872. The molecule has 0 aliphatic heterocycles. The maximum atomic E-state index is 12.7. The summed E-state index contributed by atoms with van der Waals surface area (Å²) in [5, 5.41) is 8.49. The summed E-state index contributed by atoms with van der Waals surface area (Å²) >= 11 is 0. The van der Waals surface area contributed by atoms with Crippen LogP contribution in [0.4, 0.5) is 4.39 Å². The summed E-state index contributed by atoms with van der Waals surface area (Å²) in [6.45, 7) is 0.388. The van der Waals surface area contributed by atoms with E-state index in [9.17, 15) is 14.0 Å². The number of rotatable bonds is 6. The van der Waals surface area contributed by atoms with Crippen molar-refractivity contribution in [1.29, 1.82) is 0 Å². The van der Waals surface area contributed by atoms with Crippen molar-refractivity contribution in [3.8, 4) is 0 Å². The van der Waals surface area contributed by atoms with Gasteiger partial charge in [0.05, 0.1) is 0 Å². The summed E-state index contributed by atoms with van der Waals surface area (Å²) < 4.78 is 12.7. The summed E-state index contributed by atoms with van der Waals surface area (Å²) in [7, 11) is 1.61. The molecule has 1 N–H and O–H groups in total. The molecule has 0 atom stereocenters. The zero-order valence-corrected chi connectivity index (χ0v) is 10.7. The second kappa shape index (κ2) is 7.31. The molecule has 0 saturated heterocycles. The molecule has 0 bridgehead atoms. The highest BCUT2D eigenvalue weighted by molar-refractivity contribution is 5.91. The Morgan fingerprint density at radius 1 is 1.32 bits per heavy atom. The van der Waals surface area contributed by atoms with Gasteiger partial charge in [0.15, 0.2) is 0 Å². The SMILES string of the molecule is CN(CCCC(=O)O)C(=O)/C=C/c1ccc(F)cc1. The summed E-state index contributed by atoms with van der Waals surface area (Å²) in [5.41, 5.74) is 0.730. The largest absolute Gasteiger partial charge is 0.481 e. The van der Waals surface area contributed by atoms with E-state index >= 15 is 0 Å². The second-order valence-electron chi connectivity index (χ2n) is 4.14. The number of benzene rings is 1. The molecule has 1 aromatic carbocycles. The molecular formula is C14H16FNO3. The zero-order chi connectivity index (χ0) is 14.3. The van der Waals surface area contributed by atoms with E-state index in [2.05, 4.69) is 0 Å². The van der Waals surface area contributed by atoms with E-state index in [0.717, 1.165) is 5.56 Å². The second-order valence-corrected chi connectivity index (χ2v) is 4.14. The first-order valence-electron chi connectivity index (χ1n) is 5.89. The zero-order valence-electron chi connectivity index (χ0n) is 10.7. The molecule has 0 heterocycles. The first-order chi connectivity index (χ1) is 8.99. The van der Waals surface area contributed by atoms with Crippen LogP contribution in [0, 0.1) is 5.82 Å². The van der Waals surface area contributed by atoms with Crippen molar-refractivity contribution in [2.75, 3.05) is 13.6 Å². The first-order valence-corrected chi connectivity index (χ1v) is 5.89. The van der Waals surface area contributed by atoms with Crippen LogP contribution in [0.25, 0.3) is 6.08 Å². The Balaban J connectivity index is 2.44. The van der Waals surface area contributed by atoms with Crippen LogP contribution in [0.2, 0.25) is 0 Å². The highest BCUT2D eigenvalue weighted by Gasteiger charge is 2.05. The van der Waals surface area contributed by atoms with Crippen LogP contribution in [-0.2, 0) is 9.59 Å². The van der Waals surface area contributed by atoms with Crippen molar-refractivity contribution in [3.05, 3.63) is 41.7 Å². The Hall–Kier alpha value is -2.17. The van der Waals surface area contributed by atoms with Gasteiger partial charge in [0.25, 0.3) is 0 Å². The standard InChI is InChI=1S/C14H16FNO3/c1-16(10-2-3-14(18)19)13(17)9-6-11-4-7-12(15)8-5-11/h4-9H,2-3,10H2,1H3,(H,18,19)/b9-6+. The Kier molecular flexibility index (Phi) is 5.73. The van der Waals surface area contributed by atoms with E-state index in [4.69, 9.17) is 5.11 Å². The molecular weight excluding hydrogens is 249 g/mol. The van der Waals surface area contributed by atoms with Crippen LogP contribution in [0.5, 0.6) is 0 Å². The van der Waals surface area contributed by atoms with Gasteiger partial charge in [0.1, 0.15) is 5.82 Å². The number of hydrogen-bond donors (Lipinski definition) is 1.